The van der Waals surface area contributed by atoms with Crippen molar-refractivity contribution in [3.63, 3.8) is 0 Å². The van der Waals surface area contributed by atoms with Crippen LogP contribution in [0.15, 0.2) is 22.7 Å². The van der Waals surface area contributed by atoms with Gasteiger partial charge in [-0.15, -0.1) is 0 Å². The highest BCUT2D eigenvalue weighted by Gasteiger charge is 2.18. The van der Waals surface area contributed by atoms with Crippen molar-refractivity contribution in [2.45, 2.75) is 24.7 Å². The number of benzene rings is 1. The SMILES string of the molecule is Nc1cc(Br)ccc1CS(=O)CC1CCCO1. The van der Waals surface area contributed by atoms with Crippen molar-refractivity contribution in [1.82, 2.24) is 0 Å². The van der Waals surface area contributed by atoms with Crippen molar-refractivity contribution in [3.05, 3.63) is 28.2 Å². The lowest BCUT2D eigenvalue weighted by Crippen LogP contribution is -2.17. The molecular formula is C12H16BrNO2S. The predicted molar refractivity (Wildman–Crippen MR) is 74.2 cm³/mol. The highest BCUT2D eigenvalue weighted by Crippen LogP contribution is 2.21. The van der Waals surface area contributed by atoms with Gasteiger partial charge >= 0.3 is 0 Å². The summed E-state index contributed by atoms with van der Waals surface area (Å²) in [5.41, 5.74) is 7.53. The Morgan fingerprint density at radius 1 is 1.53 bits per heavy atom. The van der Waals surface area contributed by atoms with Gasteiger partial charge in [-0.25, -0.2) is 0 Å². The summed E-state index contributed by atoms with van der Waals surface area (Å²) < 4.78 is 18.4. The molecule has 0 spiro atoms. The third-order valence-electron chi connectivity index (χ3n) is 2.82. The van der Waals surface area contributed by atoms with Gasteiger partial charge in [0.2, 0.25) is 0 Å². The molecule has 1 saturated heterocycles. The van der Waals surface area contributed by atoms with Crippen molar-refractivity contribution in [2.24, 2.45) is 0 Å². The van der Waals surface area contributed by atoms with E-state index in [0.717, 1.165) is 29.5 Å². The zero-order valence-corrected chi connectivity index (χ0v) is 11.9. The van der Waals surface area contributed by atoms with Crippen LogP contribution < -0.4 is 5.73 Å². The lowest BCUT2D eigenvalue weighted by molar-refractivity contribution is 0.128. The zero-order chi connectivity index (χ0) is 12.3. The second kappa shape index (κ2) is 5.98. The van der Waals surface area contributed by atoms with Crippen molar-refractivity contribution in [1.29, 1.82) is 0 Å². The van der Waals surface area contributed by atoms with Crippen LogP contribution in [0.4, 0.5) is 5.69 Å². The zero-order valence-electron chi connectivity index (χ0n) is 9.52. The molecule has 2 atom stereocenters. The Labute approximate surface area is 112 Å². The molecule has 1 fully saturated rings. The van der Waals surface area contributed by atoms with Gasteiger partial charge in [-0.2, -0.15) is 0 Å². The number of halogens is 1. The highest BCUT2D eigenvalue weighted by molar-refractivity contribution is 9.10. The predicted octanol–water partition coefficient (Wildman–Crippen LogP) is 2.46. The quantitative estimate of drug-likeness (QED) is 0.868. The van der Waals surface area contributed by atoms with Gasteiger partial charge in [0.15, 0.2) is 0 Å². The maximum absolute atomic E-state index is 12.0. The largest absolute Gasteiger partial charge is 0.398 e. The molecule has 17 heavy (non-hydrogen) atoms. The number of rotatable bonds is 4. The first-order valence-corrected chi connectivity index (χ1v) is 7.94. The van der Waals surface area contributed by atoms with Crippen LogP contribution in [-0.4, -0.2) is 22.7 Å². The first-order chi connectivity index (χ1) is 8.15. The van der Waals surface area contributed by atoms with Crippen LogP contribution in [-0.2, 0) is 21.3 Å². The minimum absolute atomic E-state index is 0.174. The molecule has 0 bridgehead atoms. The minimum Gasteiger partial charge on any atom is -0.398 e. The summed E-state index contributed by atoms with van der Waals surface area (Å²) in [6.45, 7) is 0.808. The molecule has 1 aromatic rings. The molecule has 1 heterocycles. The van der Waals surface area contributed by atoms with Gasteiger partial charge in [0.05, 0.1) is 17.6 Å². The van der Waals surface area contributed by atoms with Crippen LogP contribution in [0.1, 0.15) is 18.4 Å². The van der Waals surface area contributed by atoms with Crippen molar-refractivity contribution in [3.8, 4) is 0 Å². The topological polar surface area (TPSA) is 52.3 Å². The lowest BCUT2D eigenvalue weighted by atomic mass is 10.2. The molecule has 2 rings (SSSR count). The van der Waals surface area contributed by atoms with Gasteiger partial charge in [0, 0.05) is 27.6 Å². The molecule has 2 N–H and O–H groups in total. The Morgan fingerprint density at radius 3 is 3.00 bits per heavy atom. The molecule has 0 amide bonds. The highest BCUT2D eigenvalue weighted by atomic mass is 79.9. The van der Waals surface area contributed by atoms with E-state index in [1.54, 1.807) is 0 Å². The third kappa shape index (κ3) is 3.79. The molecule has 1 aliphatic heterocycles. The fraction of sp³-hybridized carbons (Fsp3) is 0.500. The van der Waals surface area contributed by atoms with Crippen LogP contribution in [0.5, 0.6) is 0 Å². The lowest BCUT2D eigenvalue weighted by Gasteiger charge is -2.10. The molecular weight excluding hydrogens is 302 g/mol. The van der Waals surface area contributed by atoms with Crippen molar-refractivity contribution in [2.75, 3.05) is 18.1 Å². The molecule has 2 unspecified atom stereocenters. The summed E-state index contributed by atoms with van der Waals surface area (Å²) in [6.07, 6.45) is 2.29. The smallest absolute Gasteiger partial charge is 0.0691 e. The van der Waals surface area contributed by atoms with Gasteiger partial charge in [-0.3, -0.25) is 4.21 Å². The van der Waals surface area contributed by atoms with E-state index < -0.39 is 10.8 Å². The summed E-state index contributed by atoms with van der Waals surface area (Å²) in [4.78, 5) is 0. The van der Waals surface area contributed by atoms with Gasteiger partial charge in [0.1, 0.15) is 0 Å². The van der Waals surface area contributed by atoms with Crippen molar-refractivity contribution >= 4 is 32.4 Å². The van der Waals surface area contributed by atoms with Gasteiger partial charge in [-0.1, -0.05) is 22.0 Å². The van der Waals surface area contributed by atoms with E-state index in [9.17, 15) is 4.21 Å². The summed E-state index contributed by atoms with van der Waals surface area (Å²) in [5.74, 6) is 1.13. The first kappa shape index (κ1) is 13.1. The minimum atomic E-state index is -0.898. The molecule has 94 valence electrons. The molecule has 0 aromatic heterocycles. The molecule has 1 aliphatic rings. The second-order valence-corrected chi connectivity index (χ2v) is 6.65. The summed E-state index contributed by atoms with van der Waals surface area (Å²) >= 11 is 3.36. The fourth-order valence-corrected chi connectivity index (χ4v) is 3.70. The molecule has 3 nitrogen and oxygen atoms in total. The molecule has 0 saturated carbocycles. The first-order valence-electron chi connectivity index (χ1n) is 5.65. The average molecular weight is 318 g/mol. The van der Waals surface area contributed by atoms with E-state index in [4.69, 9.17) is 10.5 Å². The number of hydrogen-bond acceptors (Lipinski definition) is 3. The summed E-state index contributed by atoms with van der Waals surface area (Å²) in [7, 11) is -0.898. The van der Waals surface area contributed by atoms with E-state index in [-0.39, 0.29) is 6.10 Å². The number of anilines is 1. The van der Waals surface area contributed by atoms with Gasteiger partial charge in [0.25, 0.3) is 0 Å². The Kier molecular flexibility index (Phi) is 4.59. The third-order valence-corrected chi connectivity index (χ3v) is 4.69. The van der Waals surface area contributed by atoms with Gasteiger partial charge in [-0.05, 0) is 30.5 Å². The fourth-order valence-electron chi connectivity index (χ4n) is 1.91. The van der Waals surface area contributed by atoms with E-state index in [1.807, 2.05) is 18.2 Å². The Balaban J connectivity index is 1.93. The van der Waals surface area contributed by atoms with E-state index >= 15 is 0 Å². The van der Waals surface area contributed by atoms with Crippen LogP contribution >= 0.6 is 15.9 Å². The number of nitrogens with two attached hydrogens (primary N) is 1. The van der Waals surface area contributed by atoms with Crippen molar-refractivity contribution < 1.29 is 8.95 Å². The van der Waals surface area contributed by atoms with Crippen LogP contribution in [0.25, 0.3) is 0 Å². The molecule has 0 aliphatic carbocycles. The molecule has 5 heteroatoms. The van der Waals surface area contributed by atoms with E-state index in [0.29, 0.717) is 17.2 Å². The number of hydrogen-bond donors (Lipinski definition) is 1. The van der Waals surface area contributed by atoms with Gasteiger partial charge < -0.3 is 10.5 Å². The standard InChI is InChI=1S/C12H16BrNO2S/c13-10-4-3-9(12(14)6-10)7-17(15)8-11-2-1-5-16-11/h3-4,6,11H,1-2,5,7-8,14H2. The average Bonchev–Trinajstić information content (AvgIpc) is 2.75. The maximum atomic E-state index is 12.0. The molecule has 0 radical (unpaired) electrons. The number of ether oxygens (including phenoxy) is 1. The second-order valence-electron chi connectivity index (χ2n) is 4.23. The monoisotopic (exact) mass is 317 g/mol. The Morgan fingerprint density at radius 2 is 2.35 bits per heavy atom. The normalized spacial score (nSPS) is 21.6. The van der Waals surface area contributed by atoms with E-state index in [2.05, 4.69) is 15.9 Å². The van der Waals surface area contributed by atoms with Crippen LogP contribution in [0, 0.1) is 0 Å². The number of nitrogen functional groups attached to an aromatic ring is 1. The maximum Gasteiger partial charge on any atom is 0.0691 e. The summed E-state index contributed by atoms with van der Waals surface area (Å²) in [6, 6.07) is 5.69. The van der Waals surface area contributed by atoms with Crippen LogP contribution in [0.2, 0.25) is 0 Å². The Hall–Kier alpha value is -0.390. The molecule has 1 aromatic carbocycles. The van der Waals surface area contributed by atoms with E-state index in [1.165, 1.54) is 0 Å². The van der Waals surface area contributed by atoms with Crippen LogP contribution in [0.3, 0.4) is 0 Å². The Bertz CT molecular complexity index is 419. The summed E-state index contributed by atoms with van der Waals surface area (Å²) in [5, 5.41) is 0.